The Labute approximate surface area is 225 Å². The highest BCUT2D eigenvalue weighted by Crippen LogP contribution is 2.34. The third-order valence-electron chi connectivity index (χ3n) is 7.73. The minimum atomic E-state index is -0.516. The van der Waals surface area contributed by atoms with E-state index in [9.17, 15) is 4.39 Å². The number of benzene rings is 1. The molecule has 0 unspecified atom stereocenters. The number of hydrogen-bond acceptors (Lipinski definition) is 7. The molecule has 2 aliphatic rings. The van der Waals surface area contributed by atoms with Crippen LogP contribution >= 0.6 is 0 Å². The lowest BCUT2D eigenvalue weighted by Gasteiger charge is -2.42. The Morgan fingerprint density at radius 2 is 1.74 bits per heavy atom. The predicted octanol–water partition coefficient (Wildman–Crippen LogP) is 0.189. The second-order valence-electron chi connectivity index (χ2n) is 11.6. The molecule has 0 spiro atoms. The summed E-state index contributed by atoms with van der Waals surface area (Å²) in [5, 5.41) is 4.93. The Kier molecular flexibility index (Phi) is 6.56. The summed E-state index contributed by atoms with van der Waals surface area (Å²) in [5.41, 5.74) is 4.20. The van der Waals surface area contributed by atoms with Crippen LogP contribution in [0.2, 0.25) is 0 Å². The summed E-state index contributed by atoms with van der Waals surface area (Å²) in [7, 11) is 7.92. The average Bonchev–Trinajstić information content (AvgIpc) is 3.32. The molecule has 0 bridgehead atoms. The van der Waals surface area contributed by atoms with E-state index in [1.54, 1.807) is 12.3 Å². The van der Waals surface area contributed by atoms with Gasteiger partial charge in [-0.1, -0.05) is 0 Å². The van der Waals surface area contributed by atoms with Crippen molar-refractivity contribution in [1.82, 2.24) is 29.4 Å². The SMILES string of the molecule is BC(B)(B)Oc1cc2c(-c3cnn4cc(N5CCC(N6CCN(C)CC6)CC5)cnc34)ccnc2cc1F. The summed E-state index contributed by atoms with van der Waals surface area (Å²) in [6.07, 6.45) is 9.89. The van der Waals surface area contributed by atoms with Crippen LogP contribution in [0.15, 0.2) is 43.0 Å². The largest absolute Gasteiger partial charge is 0.511 e. The second kappa shape index (κ2) is 9.89. The number of nitrogens with zero attached hydrogens (tertiary/aromatic N) is 7. The molecule has 1 aromatic carbocycles. The van der Waals surface area contributed by atoms with Crippen LogP contribution in [-0.4, -0.2) is 111 Å². The third kappa shape index (κ3) is 4.99. The molecule has 0 N–H and O–H groups in total. The van der Waals surface area contributed by atoms with E-state index in [-0.39, 0.29) is 5.75 Å². The van der Waals surface area contributed by atoms with Crippen molar-refractivity contribution in [2.45, 2.75) is 24.2 Å². The van der Waals surface area contributed by atoms with Crippen molar-refractivity contribution in [3.05, 3.63) is 48.8 Å². The molecule has 6 rings (SSSR count). The van der Waals surface area contributed by atoms with Gasteiger partial charge >= 0.3 is 0 Å². The smallest absolute Gasteiger partial charge is 0.167 e. The zero-order valence-corrected chi connectivity index (χ0v) is 22.7. The van der Waals surface area contributed by atoms with Gasteiger partial charge in [0.05, 0.1) is 29.8 Å². The summed E-state index contributed by atoms with van der Waals surface area (Å²) in [6.45, 7) is 6.71. The van der Waals surface area contributed by atoms with E-state index < -0.39 is 11.1 Å². The lowest BCUT2D eigenvalue weighted by atomic mass is 9.52. The molecule has 8 nitrogen and oxygen atoms in total. The first-order valence-electron chi connectivity index (χ1n) is 13.5. The molecule has 2 fully saturated rings. The van der Waals surface area contributed by atoms with Crippen LogP contribution in [0.4, 0.5) is 10.1 Å². The number of piperidine rings is 1. The first-order chi connectivity index (χ1) is 18.2. The average molecular weight is 511 g/mol. The molecule has 4 aromatic rings. The molecule has 12 heteroatoms. The highest BCUT2D eigenvalue weighted by atomic mass is 19.1. The van der Waals surface area contributed by atoms with Crippen molar-refractivity contribution in [2.24, 2.45) is 0 Å². The van der Waals surface area contributed by atoms with Crippen LogP contribution in [-0.2, 0) is 0 Å². The Morgan fingerprint density at radius 3 is 2.47 bits per heavy atom. The van der Waals surface area contributed by atoms with Gasteiger partial charge < -0.3 is 14.5 Å². The monoisotopic (exact) mass is 511 g/mol. The first-order valence-corrected chi connectivity index (χ1v) is 13.5. The molecular formula is C26H33B3FN7O. The highest BCUT2D eigenvalue weighted by Gasteiger charge is 2.27. The van der Waals surface area contributed by atoms with Gasteiger partial charge in [0.15, 0.2) is 17.2 Å². The molecule has 5 heterocycles. The second-order valence-corrected chi connectivity index (χ2v) is 11.6. The summed E-state index contributed by atoms with van der Waals surface area (Å²) in [5.74, 6) is -0.206. The van der Waals surface area contributed by atoms with Crippen LogP contribution < -0.4 is 9.64 Å². The number of rotatable bonds is 5. The summed E-state index contributed by atoms with van der Waals surface area (Å²) < 4.78 is 22.5. The molecule has 0 amide bonds. The Morgan fingerprint density at radius 1 is 0.974 bits per heavy atom. The number of anilines is 1. The van der Waals surface area contributed by atoms with Gasteiger partial charge in [0.25, 0.3) is 0 Å². The number of ether oxygens (including phenoxy) is 1. The molecule has 0 saturated carbocycles. The summed E-state index contributed by atoms with van der Waals surface area (Å²) in [4.78, 5) is 16.7. The van der Waals surface area contributed by atoms with Crippen molar-refractivity contribution in [1.29, 1.82) is 0 Å². The fourth-order valence-electron chi connectivity index (χ4n) is 5.68. The standard InChI is InChI=1S/C26H33B3FN7O/c1-34-8-10-36(11-9-34)17-3-6-35(7-4-17)18-14-32-25-21(15-33-37(25)16-18)19-2-5-31-23-13-22(30)24(12-20(19)23)38-26(27,28)29/h2,5,12-17H,3-4,6-11,27-29H2,1H3. The molecule has 2 saturated heterocycles. The minimum absolute atomic E-state index is 0.214. The van der Waals surface area contributed by atoms with Crippen molar-refractivity contribution < 1.29 is 9.13 Å². The van der Waals surface area contributed by atoms with Crippen molar-refractivity contribution >= 4 is 45.8 Å². The zero-order chi connectivity index (χ0) is 26.4. The first kappa shape index (κ1) is 25.2. The van der Waals surface area contributed by atoms with E-state index in [1.807, 2.05) is 46.5 Å². The Hall–Kier alpha value is -3.11. The molecule has 3 aromatic heterocycles. The maximum atomic E-state index is 14.7. The quantitative estimate of drug-likeness (QED) is 0.355. The van der Waals surface area contributed by atoms with E-state index >= 15 is 0 Å². The molecule has 194 valence electrons. The topological polar surface area (TPSA) is 62.0 Å². The third-order valence-corrected chi connectivity index (χ3v) is 7.73. The summed E-state index contributed by atoms with van der Waals surface area (Å²) >= 11 is 0. The number of aromatic nitrogens is 4. The van der Waals surface area contributed by atoms with Crippen LogP contribution in [0.5, 0.6) is 5.75 Å². The number of piperazine rings is 1. The van der Waals surface area contributed by atoms with E-state index in [0.717, 1.165) is 54.0 Å². The number of fused-ring (bicyclic) bond motifs is 2. The van der Waals surface area contributed by atoms with Gasteiger partial charge in [0.2, 0.25) is 0 Å². The van der Waals surface area contributed by atoms with E-state index in [0.29, 0.717) is 11.6 Å². The number of likely N-dealkylation sites (N-methyl/N-ethyl adjacent to an activating group) is 1. The normalized spacial score (nSPS) is 18.4. The highest BCUT2D eigenvalue weighted by molar-refractivity contribution is 6.58. The van der Waals surface area contributed by atoms with Gasteiger partial charge in [-0.3, -0.25) is 9.88 Å². The van der Waals surface area contributed by atoms with Crippen molar-refractivity contribution in [3.8, 4) is 16.9 Å². The van der Waals surface area contributed by atoms with E-state index in [4.69, 9.17) is 9.72 Å². The lowest BCUT2D eigenvalue weighted by Crippen LogP contribution is -2.52. The zero-order valence-electron chi connectivity index (χ0n) is 22.7. The number of pyridine rings is 1. The van der Waals surface area contributed by atoms with Gasteiger partial charge in [0, 0.05) is 73.8 Å². The molecule has 0 aliphatic carbocycles. The van der Waals surface area contributed by atoms with Crippen LogP contribution in [0, 0.1) is 5.82 Å². The molecule has 0 radical (unpaired) electrons. The van der Waals surface area contributed by atoms with Gasteiger partial charge in [0.1, 0.15) is 23.5 Å². The molecule has 38 heavy (non-hydrogen) atoms. The van der Waals surface area contributed by atoms with E-state index in [2.05, 4.69) is 38.0 Å². The van der Waals surface area contributed by atoms with Gasteiger partial charge in [-0.2, -0.15) is 5.10 Å². The fraction of sp³-hybridized carbons (Fsp3) is 0.423. The van der Waals surface area contributed by atoms with E-state index in [1.165, 1.54) is 32.0 Å². The van der Waals surface area contributed by atoms with Crippen molar-refractivity contribution in [3.63, 3.8) is 0 Å². The van der Waals surface area contributed by atoms with Crippen LogP contribution in [0.25, 0.3) is 27.7 Å². The van der Waals surface area contributed by atoms with Gasteiger partial charge in [-0.05, 0) is 37.6 Å². The van der Waals surface area contributed by atoms with Crippen LogP contribution in [0.3, 0.4) is 0 Å². The summed E-state index contributed by atoms with van der Waals surface area (Å²) in [6, 6.07) is 5.77. The number of halogens is 1. The predicted molar refractivity (Wildman–Crippen MR) is 157 cm³/mol. The molecular weight excluding hydrogens is 478 g/mol. The Balaban J connectivity index is 1.25. The van der Waals surface area contributed by atoms with Gasteiger partial charge in [-0.15, -0.1) is 0 Å². The molecule has 2 aliphatic heterocycles. The maximum Gasteiger partial charge on any atom is 0.167 e. The van der Waals surface area contributed by atoms with Crippen molar-refractivity contribution in [2.75, 3.05) is 51.2 Å². The van der Waals surface area contributed by atoms with Crippen LogP contribution in [0.1, 0.15) is 12.8 Å². The van der Waals surface area contributed by atoms with Gasteiger partial charge in [-0.25, -0.2) is 13.9 Å². The minimum Gasteiger partial charge on any atom is -0.511 e. The Bertz CT molecular complexity index is 1460. The number of hydrogen-bond donors (Lipinski definition) is 0. The maximum absolute atomic E-state index is 14.7. The molecule has 0 atom stereocenters. The lowest BCUT2D eigenvalue weighted by molar-refractivity contribution is 0.0982. The fourth-order valence-corrected chi connectivity index (χ4v) is 5.68.